The Labute approximate surface area is 153 Å². The van der Waals surface area contributed by atoms with E-state index >= 15 is 0 Å². The first kappa shape index (κ1) is 18.6. The fourth-order valence-corrected chi connectivity index (χ4v) is 4.08. The number of piperidine rings is 1. The number of pyridine rings is 1. The van der Waals surface area contributed by atoms with E-state index < -0.39 is 0 Å². The quantitative estimate of drug-likeness (QED) is 0.842. The van der Waals surface area contributed by atoms with Gasteiger partial charge in [0.05, 0.1) is 5.39 Å². The van der Waals surface area contributed by atoms with Crippen molar-refractivity contribution in [3.63, 3.8) is 0 Å². The number of fused-ring (bicyclic) bond motifs is 1. The zero-order valence-electron chi connectivity index (χ0n) is 16.2. The number of likely N-dealkylation sites (tertiary alicyclic amines) is 1. The Balaban J connectivity index is 1.69. The summed E-state index contributed by atoms with van der Waals surface area (Å²) < 4.78 is 1.65. The number of rotatable bonds is 5. The van der Waals surface area contributed by atoms with Crippen molar-refractivity contribution in [3.05, 3.63) is 27.2 Å². The molecule has 7 nitrogen and oxygen atoms in total. The molecule has 3 heterocycles. The highest BCUT2D eigenvalue weighted by Gasteiger charge is 2.23. The lowest BCUT2D eigenvalue weighted by atomic mass is 9.96. The maximum Gasteiger partial charge on any atom is 0.273 e. The average molecular weight is 359 g/mol. The van der Waals surface area contributed by atoms with Crippen LogP contribution >= 0.6 is 0 Å². The third kappa shape index (κ3) is 3.53. The molecule has 0 aliphatic carbocycles. The summed E-state index contributed by atoms with van der Waals surface area (Å²) in [4.78, 5) is 31.3. The van der Waals surface area contributed by atoms with Gasteiger partial charge in [-0.25, -0.2) is 4.98 Å². The number of H-pyrrole nitrogens is 1. The number of aromatic nitrogens is 3. The Hall–Kier alpha value is -2.15. The van der Waals surface area contributed by atoms with Gasteiger partial charge < -0.3 is 10.2 Å². The summed E-state index contributed by atoms with van der Waals surface area (Å²) in [7, 11) is 3.77. The van der Waals surface area contributed by atoms with Gasteiger partial charge in [0.1, 0.15) is 0 Å². The highest BCUT2D eigenvalue weighted by molar-refractivity contribution is 5.81. The van der Waals surface area contributed by atoms with Gasteiger partial charge in [0, 0.05) is 32.3 Å². The van der Waals surface area contributed by atoms with Crippen molar-refractivity contribution in [2.45, 2.75) is 39.5 Å². The number of carbonyl (C=O) groups is 1. The molecular weight excluding hydrogens is 330 g/mol. The summed E-state index contributed by atoms with van der Waals surface area (Å²) in [5.74, 6) is 0.874. The number of carbonyl (C=O) groups excluding carboxylic acids is 1. The number of hydrogen-bond acceptors (Lipinski definition) is 4. The van der Waals surface area contributed by atoms with E-state index in [1.807, 2.05) is 25.8 Å². The van der Waals surface area contributed by atoms with Crippen molar-refractivity contribution in [3.8, 4) is 0 Å². The van der Waals surface area contributed by atoms with E-state index in [2.05, 4.69) is 15.4 Å². The van der Waals surface area contributed by atoms with E-state index in [0.717, 1.165) is 49.3 Å². The molecule has 7 heteroatoms. The minimum Gasteiger partial charge on any atom is -0.343 e. The minimum absolute atomic E-state index is 0.119. The second kappa shape index (κ2) is 7.61. The molecule has 0 saturated carbocycles. The van der Waals surface area contributed by atoms with Crippen molar-refractivity contribution in [2.75, 3.05) is 26.7 Å². The topological polar surface area (TPSA) is 83.0 Å². The first-order valence-corrected chi connectivity index (χ1v) is 9.39. The van der Waals surface area contributed by atoms with E-state index in [-0.39, 0.29) is 11.5 Å². The Morgan fingerprint density at radius 1 is 1.31 bits per heavy atom. The van der Waals surface area contributed by atoms with Crippen LogP contribution in [-0.2, 0) is 18.3 Å². The maximum atomic E-state index is 12.6. The van der Waals surface area contributed by atoms with Crippen LogP contribution < -0.4 is 10.9 Å². The van der Waals surface area contributed by atoms with Crippen molar-refractivity contribution < 1.29 is 4.79 Å². The van der Waals surface area contributed by atoms with Crippen LogP contribution in [0.3, 0.4) is 0 Å². The zero-order chi connectivity index (χ0) is 18.8. The molecule has 0 atom stereocenters. The van der Waals surface area contributed by atoms with Gasteiger partial charge >= 0.3 is 0 Å². The molecule has 2 N–H and O–H groups in total. The predicted octanol–water partition coefficient (Wildman–Crippen LogP) is 1.27. The molecule has 0 radical (unpaired) electrons. The monoisotopic (exact) mass is 359 g/mol. The number of nitrogens with one attached hydrogen (secondary N) is 2. The molecule has 2 aromatic heterocycles. The summed E-state index contributed by atoms with van der Waals surface area (Å²) in [5, 5.41) is 6.61. The fourth-order valence-electron chi connectivity index (χ4n) is 4.08. The van der Waals surface area contributed by atoms with Gasteiger partial charge in [-0.05, 0) is 63.7 Å². The lowest BCUT2D eigenvalue weighted by Gasteiger charge is -2.32. The first-order valence-electron chi connectivity index (χ1n) is 9.39. The molecule has 1 aliphatic rings. The Kier molecular flexibility index (Phi) is 5.46. The molecule has 26 heavy (non-hydrogen) atoms. The Bertz CT molecular complexity index is 859. The summed E-state index contributed by atoms with van der Waals surface area (Å²) in [6, 6.07) is 0. The zero-order valence-corrected chi connectivity index (χ0v) is 16.2. The van der Waals surface area contributed by atoms with Gasteiger partial charge in [0.15, 0.2) is 5.65 Å². The summed E-state index contributed by atoms with van der Waals surface area (Å²) in [6.07, 6.45) is 3.23. The highest BCUT2D eigenvalue weighted by atomic mass is 16.2. The molecule has 1 saturated heterocycles. The SMILES string of the molecule is CNCC1CCN(C(=O)CCc2c(C)nc3c(c2C)c(=O)[nH]n3C)CC1. The van der Waals surface area contributed by atoms with Crippen LogP contribution in [-0.4, -0.2) is 52.3 Å². The van der Waals surface area contributed by atoms with Gasteiger partial charge in [-0.15, -0.1) is 0 Å². The number of nitrogens with zero attached hydrogens (tertiary/aromatic N) is 3. The molecule has 0 bridgehead atoms. The fraction of sp³-hybridized carbons (Fsp3) is 0.632. The van der Waals surface area contributed by atoms with Crippen LogP contribution in [0.1, 0.15) is 36.1 Å². The van der Waals surface area contributed by atoms with Crippen LogP contribution in [0.2, 0.25) is 0 Å². The molecule has 3 rings (SSSR count). The van der Waals surface area contributed by atoms with Crippen molar-refractivity contribution in [1.29, 1.82) is 0 Å². The summed E-state index contributed by atoms with van der Waals surface area (Å²) in [6.45, 7) is 6.62. The average Bonchev–Trinajstić information content (AvgIpc) is 2.89. The molecule has 0 aromatic carbocycles. The summed E-state index contributed by atoms with van der Waals surface area (Å²) in [5.41, 5.74) is 3.41. The molecular formula is C19H29N5O2. The molecule has 1 amide bonds. The predicted molar refractivity (Wildman–Crippen MR) is 102 cm³/mol. The third-order valence-electron chi connectivity index (χ3n) is 5.62. The molecule has 1 aliphatic heterocycles. The van der Waals surface area contributed by atoms with Crippen LogP contribution in [0.4, 0.5) is 0 Å². The van der Waals surface area contributed by atoms with E-state index in [9.17, 15) is 9.59 Å². The van der Waals surface area contributed by atoms with Gasteiger partial charge in [-0.1, -0.05) is 0 Å². The molecule has 0 spiro atoms. The maximum absolute atomic E-state index is 12.6. The van der Waals surface area contributed by atoms with E-state index in [1.54, 1.807) is 11.7 Å². The number of amides is 1. The molecule has 2 aromatic rings. The smallest absolute Gasteiger partial charge is 0.273 e. The summed E-state index contributed by atoms with van der Waals surface area (Å²) >= 11 is 0. The number of hydrogen-bond donors (Lipinski definition) is 2. The minimum atomic E-state index is -0.119. The molecule has 0 unspecified atom stereocenters. The van der Waals surface area contributed by atoms with Crippen LogP contribution in [0, 0.1) is 19.8 Å². The standard InChI is InChI=1S/C19H29N5O2/c1-12-15(13(2)21-18-17(12)19(26)22-23(18)4)5-6-16(25)24-9-7-14(8-10-24)11-20-3/h14,20H,5-11H2,1-4H3,(H,22,26). The van der Waals surface area contributed by atoms with E-state index in [4.69, 9.17) is 0 Å². The van der Waals surface area contributed by atoms with Gasteiger partial charge in [-0.3, -0.25) is 19.4 Å². The van der Waals surface area contributed by atoms with E-state index in [1.165, 1.54) is 0 Å². The lowest BCUT2D eigenvalue weighted by Crippen LogP contribution is -2.40. The van der Waals surface area contributed by atoms with Crippen LogP contribution in [0.5, 0.6) is 0 Å². The number of aryl methyl sites for hydroxylation is 3. The van der Waals surface area contributed by atoms with Gasteiger partial charge in [-0.2, -0.15) is 0 Å². The van der Waals surface area contributed by atoms with Crippen molar-refractivity contribution in [1.82, 2.24) is 25.0 Å². The Morgan fingerprint density at radius 3 is 2.65 bits per heavy atom. The number of aromatic amines is 1. The lowest BCUT2D eigenvalue weighted by molar-refractivity contribution is -0.132. The first-order chi connectivity index (χ1) is 12.4. The molecule has 1 fully saturated rings. The third-order valence-corrected chi connectivity index (χ3v) is 5.62. The second-order valence-electron chi connectivity index (χ2n) is 7.38. The van der Waals surface area contributed by atoms with Crippen LogP contribution in [0.25, 0.3) is 11.0 Å². The van der Waals surface area contributed by atoms with Gasteiger partial charge in [0.25, 0.3) is 5.56 Å². The van der Waals surface area contributed by atoms with Crippen molar-refractivity contribution >= 4 is 16.9 Å². The Morgan fingerprint density at radius 2 is 2.00 bits per heavy atom. The van der Waals surface area contributed by atoms with Crippen molar-refractivity contribution in [2.24, 2.45) is 13.0 Å². The second-order valence-corrected chi connectivity index (χ2v) is 7.38. The largest absolute Gasteiger partial charge is 0.343 e. The van der Waals surface area contributed by atoms with E-state index in [0.29, 0.717) is 29.8 Å². The highest BCUT2D eigenvalue weighted by Crippen LogP contribution is 2.22. The van der Waals surface area contributed by atoms with Gasteiger partial charge in [0.2, 0.25) is 5.91 Å². The normalized spacial score (nSPS) is 15.8. The van der Waals surface area contributed by atoms with Crippen LogP contribution in [0.15, 0.2) is 4.79 Å². The molecule has 142 valence electrons.